The molecule has 1 atom stereocenters. The molecule has 0 fully saturated rings. The summed E-state index contributed by atoms with van der Waals surface area (Å²) in [5.41, 5.74) is 0. The highest BCUT2D eigenvalue weighted by Crippen LogP contribution is 2.32. The fraction of sp³-hybridized carbons (Fsp3) is 0.733. The van der Waals surface area contributed by atoms with Crippen molar-refractivity contribution in [2.45, 2.75) is 65.1 Å². The summed E-state index contributed by atoms with van der Waals surface area (Å²) >= 11 is -0.157. The van der Waals surface area contributed by atoms with Crippen LogP contribution in [0.25, 0.3) is 0 Å². The molecule has 1 rings (SSSR count). The maximum Gasteiger partial charge on any atom is 0.376 e. The van der Waals surface area contributed by atoms with Gasteiger partial charge in [0.1, 0.15) is 8.24 Å². The SMILES string of the molecule is CCN(C1CC=C([Si](C)(C)C)C1)[Si](C)(C)C.O=C(O)SC(=O)O. The van der Waals surface area contributed by atoms with Crippen LogP contribution in [0.2, 0.25) is 39.3 Å². The first-order valence-corrected chi connectivity index (χ1v) is 15.6. The quantitative estimate of drug-likeness (QED) is 0.657. The zero-order chi connectivity index (χ0) is 18.4. The Morgan fingerprint density at radius 2 is 1.65 bits per heavy atom. The highest BCUT2D eigenvalue weighted by molar-refractivity contribution is 8.25. The van der Waals surface area contributed by atoms with E-state index in [4.69, 9.17) is 10.2 Å². The van der Waals surface area contributed by atoms with Crippen LogP contribution < -0.4 is 0 Å². The molecule has 1 aliphatic carbocycles. The van der Waals surface area contributed by atoms with Crippen molar-refractivity contribution in [3.8, 4) is 0 Å². The van der Waals surface area contributed by atoms with Crippen molar-refractivity contribution in [3.05, 3.63) is 11.3 Å². The summed E-state index contributed by atoms with van der Waals surface area (Å²) < 4.78 is 2.80. The molecule has 2 N–H and O–H groups in total. The highest BCUT2D eigenvalue weighted by atomic mass is 32.2. The van der Waals surface area contributed by atoms with Crippen LogP contribution in [-0.2, 0) is 0 Å². The van der Waals surface area contributed by atoms with E-state index in [0.717, 1.165) is 6.04 Å². The number of hydrogen-bond donors (Lipinski definition) is 2. The van der Waals surface area contributed by atoms with Crippen LogP contribution in [0.5, 0.6) is 0 Å². The van der Waals surface area contributed by atoms with Crippen LogP contribution in [0, 0.1) is 0 Å². The summed E-state index contributed by atoms with van der Waals surface area (Å²) in [5.74, 6) is 0. The number of nitrogens with zero attached hydrogens (tertiary/aromatic N) is 1. The first-order valence-electron chi connectivity index (χ1n) is 7.89. The molecule has 0 saturated carbocycles. The highest BCUT2D eigenvalue weighted by Gasteiger charge is 2.34. The van der Waals surface area contributed by atoms with Gasteiger partial charge in [-0.2, -0.15) is 0 Å². The summed E-state index contributed by atoms with van der Waals surface area (Å²) in [6.45, 7) is 18.4. The molecular weight excluding hydrogens is 346 g/mol. The van der Waals surface area contributed by atoms with Crippen molar-refractivity contribution in [3.63, 3.8) is 0 Å². The van der Waals surface area contributed by atoms with Crippen molar-refractivity contribution < 1.29 is 19.8 Å². The Kier molecular flexibility index (Phi) is 8.82. The number of carboxylic acid groups (broad SMARTS) is 2. The Morgan fingerprint density at radius 3 is 1.87 bits per heavy atom. The average Bonchev–Trinajstić information content (AvgIpc) is 2.75. The van der Waals surface area contributed by atoms with Crippen LogP contribution in [0.3, 0.4) is 0 Å². The van der Waals surface area contributed by atoms with Gasteiger partial charge in [0, 0.05) is 6.04 Å². The summed E-state index contributed by atoms with van der Waals surface area (Å²) in [5, 5.41) is 14.3. The van der Waals surface area contributed by atoms with Gasteiger partial charge in [0.2, 0.25) is 0 Å². The van der Waals surface area contributed by atoms with E-state index in [1.54, 1.807) is 5.20 Å². The maximum atomic E-state index is 9.39. The van der Waals surface area contributed by atoms with E-state index >= 15 is 0 Å². The van der Waals surface area contributed by atoms with Crippen LogP contribution in [0.1, 0.15) is 19.8 Å². The lowest BCUT2D eigenvalue weighted by Crippen LogP contribution is -2.51. The molecule has 0 saturated heterocycles. The van der Waals surface area contributed by atoms with E-state index in [9.17, 15) is 9.59 Å². The first kappa shape index (κ1) is 22.4. The normalized spacial score (nSPS) is 18.3. The minimum absolute atomic E-state index is 0.157. The molecule has 1 aliphatic rings. The summed E-state index contributed by atoms with van der Waals surface area (Å²) in [4.78, 5) is 18.8. The minimum Gasteiger partial charge on any atom is -0.473 e. The van der Waals surface area contributed by atoms with Gasteiger partial charge >= 0.3 is 10.6 Å². The maximum absolute atomic E-state index is 9.39. The summed E-state index contributed by atoms with van der Waals surface area (Å²) in [7, 11) is -2.16. The molecule has 0 heterocycles. The molecule has 0 radical (unpaired) electrons. The van der Waals surface area contributed by atoms with E-state index in [0.29, 0.717) is 0 Å². The van der Waals surface area contributed by atoms with Gasteiger partial charge < -0.3 is 14.8 Å². The molecule has 0 aromatic carbocycles. The number of rotatable bonds is 4. The lowest BCUT2D eigenvalue weighted by atomic mass is 10.2. The van der Waals surface area contributed by atoms with Crippen molar-refractivity contribution in [1.29, 1.82) is 0 Å². The van der Waals surface area contributed by atoms with Crippen molar-refractivity contribution in [2.24, 2.45) is 0 Å². The van der Waals surface area contributed by atoms with Gasteiger partial charge in [-0.1, -0.05) is 57.5 Å². The third-order valence-electron chi connectivity index (χ3n) is 3.87. The molecular formula is C15H31NO4SSi2. The lowest BCUT2D eigenvalue weighted by molar-refractivity contribution is 0.217. The second-order valence-corrected chi connectivity index (χ2v) is 18.6. The molecule has 0 bridgehead atoms. The van der Waals surface area contributed by atoms with Crippen LogP contribution in [0.4, 0.5) is 9.59 Å². The molecule has 0 aliphatic heterocycles. The van der Waals surface area contributed by atoms with Gasteiger partial charge in [-0.3, -0.25) is 0 Å². The van der Waals surface area contributed by atoms with E-state index in [2.05, 4.69) is 56.8 Å². The van der Waals surface area contributed by atoms with Gasteiger partial charge in [0.25, 0.3) is 0 Å². The van der Waals surface area contributed by atoms with Crippen LogP contribution in [-0.4, -0.2) is 54.3 Å². The topological polar surface area (TPSA) is 77.8 Å². The molecule has 0 aromatic rings. The average molecular weight is 378 g/mol. The van der Waals surface area contributed by atoms with Crippen LogP contribution in [0.15, 0.2) is 11.3 Å². The smallest absolute Gasteiger partial charge is 0.376 e. The van der Waals surface area contributed by atoms with Gasteiger partial charge in [-0.05, 0) is 19.4 Å². The van der Waals surface area contributed by atoms with Crippen LogP contribution >= 0.6 is 11.8 Å². The largest absolute Gasteiger partial charge is 0.473 e. The lowest BCUT2D eigenvalue weighted by Gasteiger charge is -2.39. The Bertz CT molecular complexity index is 443. The van der Waals surface area contributed by atoms with Crippen molar-refractivity contribution in [1.82, 2.24) is 4.57 Å². The van der Waals surface area contributed by atoms with Crippen molar-refractivity contribution >= 4 is 38.7 Å². The Morgan fingerprint density at radius 1 is 1.17 bits per heavy atom. The molecule has 1 unspecified atom stereocenters. The molecule has 0 spiro atoms. The van der Waals surface area contributed by atoms with Crippen molar-refractivity contribution in [2.75, 3.05) is 6.54 Å². The standard InChI is InChI=1S/C13H29NSi2.C2H2O4S/c1-8-14(16(5,6)7)12-9-10-13(11-12)15(2,3)4;3-1(4)7-2(5)6/h10,12H,8-9,11H2,1-7H3;(H,3,4)(H,5,6). The van der Waals surface area contributed by atoms with E-state index in [1.165, 1.54) is 19.4 Å². The van der Waals surface area contributed by atoms with E-state index in [-0.39, 0.29) is 11.8 Å². The first-order chi connectivity index (χ1) is 10.3. The molecule has 8 heteroatoms. The second kappa shape index (κ2) is 9.05. The number of hydrogen-bond acceptors (Lipinski definition) is 4. The predicted octanol–water partition coefficient (Wildman–Crippen LogP) is 5.19. The molecule has 0 amide bonds. The Balaban J connectivity index is 0.000000585. The van der Waals surface area contributed by atoms with Gasteiger partial charge in [-0.25, -0.2) is 9.59 Å². The second-order valence-electron chi connectivity index (χ2n) is 7.66. The van der Waals surface area contributed by atoms with Gasteiger partial charge in [-0.15, -0.1) is 0 Å². The fourth-order valence-corrected chi connectivity index (χ4v) is 6.87. The third-order valence-corrected chi connectivity index (χ3v) is 8.96. The van der Waals surface area contributed by atoms with Gasteiger partial charge in [0.15, 0.2) is 0 Å². The Labute approximate surface area is 146 Å². The van der Waals surface area contributed by atoms with E-state index in [1.807, 2.05) is 0 Å². The predicted molar refractivity (Wildman–Crippen MR) is 104 cm³/mol. The third kappa shape index (κ3) is 8.73. The van der Waals surface area contributed by atoms with Gasteiger partial charge in [0.05, 0.1) is 19.8 Å². The minimum atomic E-state index is -1.40. The zero-order valence-electron chi connectivity index (χ0n) is 15.3. The fourth-order valence-electron chi connectivity index (χ4n) is 2.90. The zero-order valence-corrected chi connectivity index (χ0v) is 18.2. The molecule has 5 nitrogen and oxygen atoms in total. The monoisotopic (exact) mass is 377 g/mol. The molecule has 0 aromatic heterocycles. The van der Waals surface area contributed by atoms with E-state index < -0.39 is 26.9 Å². The summed E-state index contributed by atoms with van der Waals surface area (Å²) in [6, 6.07) is 0.818. The molecule has 23 heavy (non-hydrogen) atoms. The molecule has 134 valence electrons. The number of carbonyl (C=O) groups is 2. The Hall–Kier alpha value is -0.576. The summed E-state index contributed by atoms with van der Waals surface area (Å²) in [6.07, 6.45) is 5.21. The number of thioether (sulfide) groups is 1.